The molecule has 1 amide bonds. The number of aromatic nitrogens is 3. The molecular formula is C24H35ClN4O2Si. The Morgan fingerprint density at radius 2 is 1.94 bits per heavy atom. The summed E-state index contributed by atoms with van der Waals surface area (Å²) in [5.74, 6) is 0.495. The third-order valence-electron chi connectivity index (χ3n) is 7.30. The van der Waals surface area contributed by atoms with E-state index in [4.69, 9.17) is 16.0 Å². The van der Waals surface area contributed by atoms with Gasteiger partial charge in [0.2, 0.25) is 5.91 Å². The van der Waals surface area contributed by atoms with E-state index in [0.717, 1.165) is 36.9 Å². The second-order valence-corrected chi connectivity index (χ2v) is 16.9. The number of rotatable bonds is 5. The molecule has 0 saturated heterocycles. The maximum Gasteiger partial charge on any atom is 0.228 e. The van der Waals surface area contributed by atoms with Gasteiger partial charge >= 0.3 is 0 Å². The van der Waals surface area contributed by atoms with Crippen LogP contribution in [0.5, 0.6) is 0 Å². The number of anilines is 1. The van der Waals surface area contributed by atoms with E-state index >= 15 is 0 Å². The zero-order valence-corrected chi connectivity index (χ0v) is 22.0. The minimum Gasteiger partial charge on any atom is -0.414 e. The summed E-state index contributed by atoms with van der Waals surface area (Å²) in [5.41, 5.74) is 3.25. The molecule has 1 aliphatic heterocycles. The first-order valence-corrected chi connectivity index (χ1v) is 14.7. The summed E-state index contributed by atoms with van der Waals surface area (Å²) < 4.78 is 8.49. The van der Waals surface area contributed by atoms with Crippen molar-refractivity contribution in [3.63, 3.8) is 0 Å². The number of hydrogen-bond acceptors (Lipinski definition) is 4. The zero-order chi connectivity index (χ0) is 23.5. The van der Waals surface area contributed by atoms with Crippen LogP contribution in [0.3, 0.4) is 0 Å². The number of hydrogen-bond donors (Lipinski definition) is 1. The fourth-order valence-electron chi connectivity index (χ4n) is 4.28. The van der Waals surface area contributed by atoms with Gasteiger partial charge in [0, 0.05) is 41.6 Å². The van der Waals surface area contributed by atoms with Crippen molar-refractivity contribution < 1.29 is 9.22 Å². The summed E-state index contributed by atoms with van der Waals surface area (Å²) in [6, 6.07) is 1.87. The number of fused-ring (bicyclic) bond motifs is 1. The van der Waals surface area contributed by atoms with Crippen molar-refractivity contribution in [3.05, 3.63) is 29.2 Å². The molecule has 1 fully saturated rings. The van der Waals surface area contributed by atoms with Gasteiger partial charge in [-0.15, -0.1) is 0 Å². The average Bonchev–Trinajstić information content (AvgIpc) is 3.13. The van der Waals surface area contributed by atoms with E-state index in [1.54, 1.807) is 6.20 Å². The highest BCUT2D eigenvalue weighted by molar-refractivity contribution is 6.74. The lowest BCUT2D eigenvalue weighted by Crippen LogP contribution is -2.49. The average molecular weight is 475 g/mol. The summed E-state index contributed by atoms with van der Waals surface area (Å²) >= 11 is 6.49. The second kappa shape index (κ2) is 7.96. The highest BCUT2D eigenvalue weighted by Gasteiger charge is 2.44. The van der Waals surface area contributed by atoms with E-state index in [2.05, 4.69) is 67.8 Å². The number of carbonyl (C=O) groups is 1. The first kappa shape index (κ1) is 23.5. The first-order valence-electron chi connectivity index (χ1n) is 11.4. The monoisotopic (exact) mass is 474 g/mol. The van der Waals surface area contributed by atoms with Gasteiger partial charge in [-0.25, -0.2) is 4.98 Å². The van der Waals surface area contributed by atoms with Crippen molar-refractivity contribution in [1.29, 1.82) is 0 Å². The molecule has 0 unspecified atom stereocenters. The Morgan fingerprint density at radius 3 is 2.59 bits per heavy atom. The molecule has 2 aromatic heterocycles. The van der Waals surface area contributed by atoms with Gasteiger partial charge in [0.05, 0.1) is 11.2 Å². The van der Waals surface area contributed by atoms with E-state index < -0.39 is 8.32 Å². The molecule has 1 saturated carbocycles. The molecule has 4 rings (SSSR count). The Labute approximate surface area is 197 Å². The summed E-state index contributed by atoms with van der Waals surface area (Å²) in [6.45, 7) is 16.6. The minimum atomic E-state index is -1.81. The van der Waals surface area contributed by atoms with E-state index in [0.29, 0.717) is 10.8 Å². The number of halogens is 1. The van der Waals surface area contributed by atoms with E-state index in [9.17, 15) is 4.79 Å². The van der Waals surface area contributed by atoms with Crippen LogP contribution in [0.25, 0.3) is 11.1 Å². The van der Waals surface area contributed by atoms with Crippen LogP contribution in [0.15, 0.2) is 18.5 Å². The lowest BCUT2D eigenvalue weighted by molar-refractivity contribution is -0.125. The zero-order valence-electron chi connectivity index (χ0n) is 20.3. The van der Waals surface area contributed by atoms with Crippen molar-refractivity contribution in [2.45, 2.75) is 84.7 Å². The van der Waals surface area contributed by atoms with Crippen LogP contribution >= 0.6 is 11.6 Å². The number of nitrogens with zero attached hydrogens (tertiary/aromatic N) is 3. The Kier molecular flexibility index (Phi) is 5.83. The van der Waals surface area contributed by atoms with E-state index in [1.165, 1.54) is 5.69 Å². The van der Waals surface area contributed by atoms with Crippen LogP contribution in [-0.4, -0.2) is 35.1 Å². The lowest BCUT2D eigenvalue weighted by atomic mass is 9.82. The molecule has 1 N–H and O–H groups in total. The van der Waals surface area contributed by atoms with Crippen LogP contribution in [0.4, 0.5) is 5.82 Å². The molecule has 1 aliphatic carbocycles. The molecule has 3 heterocycles. The Balaban J connectivity index is 1.41. The molecule has 2 aliphatic rings. The molecule has 0 bridgehead atoms. The van der Waals surface area contributed by atoms with E-state index in [1.807, 2.05) is 12.3 Å². The molecule has 8 heteroatoms. The molecule has 0 atom stereocenters. The van der Waals surface area contributed by atoms with Gasteiger partial charge in [-0.3, -0.25) is 9.48 Å². The summed E-state index contributed by atoms with van der Waals surface area (Å²) in [5, 5.41) is 8.27. The lowest BCUT2D eigenvalue weighted by Gasteiger charge is -2.44. The van der Waals surface area contributed by atoms with Gasteiger partial charge in [-0.1, -0.05) is 46.2 Å². The summed E-state index contributed by atoms with van der Waals surface area (Å²) in [7, 11) is -1.81. The SMILES string of the molecule is CC1(C)Cc2c(-c3cc(NC(=O)C4CC(O[Si](C)(C)C(C)(C)C)C4)ncc3Cl)cnn2C1. The molecule has 0 aromatic carbocycles. The van der Waals surface area contributed by atoms with Gasteiger partial charge in [-0.05, 0) is 48.9 Å². The van der Waals surface area contributed by atoms with Crippen molar-refractivity contribution in [3.8, 4) is 11.1 Å². The summed E-state index contributed by atoms with van der Waals surface area (Å²) in [6.07, 6.45) is 6.14. The van der Waals surface area contributed by atoms with Crippen molar-refractivity contribution in [2.75, 3.05) is 5.32 Å². The van der Waals surface area contributed by atoms with Crippen LogP contribution < -0.4 is 5.32 Å². The number of carbonyl (C=O) groups excluding carboxylic acids is 1. The van der Waals surface area contributed by atoms with Crippen molar-refractivity contribution in [2.24, 2.45) is 11.3 Å². The number of pyridine rings is 1. The highest BCUT2D eigenvalue weighted by Crippen LogP contribution is 2.42. The standard InChI is InChI=1S/C24H35ClN4O2Si/c1-23(2,3)32(6,7)31-16-8-15(9-16)22(30)28-21-10-17(19(25)13-26-21)18-12-27-29-14-24(4,5)11-20(18)29/h10,12-13,15-16H,8-9,11,14H2,1-7H3,(H,26,28,30). The molecule has 0 radical (unpaired) electrons. The Morgan fingerprint density at radius 1 is 1.25 bits per heavy atom. The van der Waals surface area contributed by atoms with Crippen LogP contribution in [0, 0.1) is 11.3 Å². The molecule has 0 spiro atoms. The van der Waals surface area contributed by atoms with E-state index in [-0.39, 0.29) is 28.4 Å². The maximum atomic E-state index is 12.8. The van der Waals surface area contributed by atoms with Gasteiger partial charge in [-0.2, -0.15) is 5.10 Å². The number of nitrogens with one attached hydrogen (secondary N) is 1. The Hall–Kier alpha value is -1.70. The predicted molar refractivity (Wildman–Crippen MR) is 131 cm³/mol. The third kappa shape index (κ3) is 4.52. The quantitative estimate of drug-likeness (QED) is 0.546. The van der Waals surface area contributed by atoms with Gasteiger partial charge in [0.15, 0.2) is 8.32 Å². The molecule has 174 valence electrons. The van der Waals surface area contributed by atoms with Gasteiger partial charge < -0.3 is 9.74 Å². The van der Waals surface area contributed by atoms with Crippen molar-refractivity contribution in [1.82, 2.24) is 14.8 Å². The van der Waals surface area contributed by atoms with Crippen LogP contribution in [-0.2, 0) is 22.2 Å². The normalized spacial score (nSPS) is 22.4. The molecule has 2 aromatic rings. The minimum absolute atomic E-state index is 0.00206. The largest absolute Gasteiger partial charge is 0.414 e. The molecule has 32 heavy (non-hydrogen) atoms. The predicted octanol–water partition coefficient (Wildman–Crippen LogP) is 5.92. The van der Waals surface area contributed by atoms with Gasteiger partial charge in [0.25, 0.3) is 0 Å². The topological polar surface area (TPSA) is 69.0 Å². The van der Waals surface area contributed by atoms with Crippen molar-refractivity contribution >= 4 is 31.6 Å². The fourth-order valence-corrected chi connectivity index (χ4v) is 5.87. The summed E-state index contributed by atoms with van der Waals surface area (Å²) in [4.78, 5) is 17.2. The van der Waals surface area contributed by atoms with Gasteiger partial charge in [0.1, 0.15) is 5.82 Å². The molecular weight excluding hydrogens is 440 g/mol. The fraction of sp³-hybridized carbons (Fsp3) is 0.625. The van der Waals surface area contributed by atoms with Crippen LogP contribution in [0.2, 0.25) is 23.2 Å². The highest BCUT2D eigenvalue weighted by atomic mass is 35.5. The van der Waals surface area contributed by atoms with Crippen LogP contribution in [0.1, 0.15) is 53.2 Å². The second-order valence-electron chi connectivity index (χ2n) is 11.7. The molecule has 6 nitrogen and oxygen atoms in total. The maximum absolute atomic E-state index is 12.8. The third-order valence-corrected chi connectivity index (χ3v) is 12.1. The number of amides is 1. The Bertz CT molecular complexity index is 1040. The smallest absolute Gasteiger partial charge is 0.228 e. The first-order chi connectivity index (χ1) is 14.8.